The number of nitrogens with zero attached hydrogens (tertiary/aromatic N) is 1. The number of ketones is 1. The van der Waals surface area contributed by atoms with Crippen molar-refractivity contribution in [1.82, 2.24) is 4.90 Å². The summed E-state index contributed by atoms with van der Waals surface area (Å²) in [6.45, 7) is 2.69. The molecule has 0 spiro atoms. The number of aliphatic hydroxyl groups is 2. The van der Waals surface area contributed by atoms with Gasteiger partial charge in [0.2, 0.25) is 0 Å². The average Bonchev–Trinajstić information content (AvgIpc) is 3.02. The lowest BCUT2D eigenvalue weighted by atomic mass is 9.95. The summed E-state index contributed by atoms with van der Waals surface area (Å²) in [5.41, 5.74) is 1.13. The number of benzene rings is 2. The molecule has 1 fully saturated rings. The van der Waals surface area contributed by atoms with Gasteiger partial charge in [0.05, 0.1) is 38.0 Å². The fourth-order valence-electron chi connectivity index (χ4n) is 3.46. The molecule has 8 heteroatoms. The van der Waals surface area contributed by atoms with E-state index in [9.17, 15) is 14.7 Å². The lowest BCUT2D eigenvalue weighted by Crippen LogP contribution is -2.33. The van der Waals surface area contributed by atoms with E-state index >= 15 is 0 Å². The maximum Gasteiger partial charge on any atom is 0.295 e. The van der Waals surface area contributed by atoms with Gasteiger partial charge in [-0.05, 0) is 48.9 Å². The minimum absolute atomic E-state index is 0.0265. The van der Waals surface area contributed by atoms with Crippen LogP contribution in [0, 0.1) is 0 Å². The van der Waals surface area contributed by atoms with E-state index in [0.717, 1.165) is 4.47 Å². The molecule has 0 bridgehead atoms. The zero-order chi connectivity index (χ0) is 22.4. The number of hydrogen-bond acceptors (Lipinski definition) is 6. The summed E-state index contributed by atoms with van der Waals surface area (Å²) in [5, 5.41) is 19.9. The SMILES string of the molecule is CCOc1ccc(/C(O)=C2\C(=O)C(=O)N(CCOCCO)C2c2ccc(Br)cc2)cc1. The van der Waals surface area contributed by atoms with Crippen molar-refractivity contribution in [3.05, 3.63) is 69.7 Å². The minimum atomic E-state index is -0.752. The number of halogens is 1. The van der Waals surface area contributed by atoms with Crippen molar-refractivity contribution in [3.63, 3.8) is 0 Å². The van der Waals surface area contributed by atoms with Gasteiger partial charge in [-0.1, -0.05) is 28.1 Å². The van der Waals surface area contributed by atoms with E-state index in [4.69, 9.17) is 14.6 Å². The highest BCUT2D eigenvalue weighted by Crippen LogP contribution is 2.39. The Hall–Kier alpha value is -2.68. The molecule has 164 valence electrons. The second-order valence-electron chi connectivity index (χ2n) is 6.84. The number of ether oxygens (including phenoxy) is 2. The predicted molar refractivity (Wildman–Crippen MR) is 119 cm³/mol. The van der Waals surface area contributed by atoms with Crippen LogP contribution in [0.5, 0.6) is 5.75 Å². The molecule has 1 amide bonds. The molecule has 1 saturated heterocycles. The summed E-state index contributed by atoms with van der Waals surface area (Å²) < 4.78 is 11.6. The molecule has 2 N–H and O–H groups in total. The highest BCUT2D eigenvalue weighted by Gasteiger charge is 2.45. The fraction of sp³-hybridized carbons (Fsp3) is 0.304. The Morgan fingerprint density at radius 1 is 1.06 bits per heavy atom. The number of rotatable bonds is 9. The molecule has 31 heavy (non-hydrogen) atoms. The van der Waals surface area contributed by atoms with Gasteiger partial charge in [0, 0.05) is 16.6 Å². The van der Waals surface area contributed by atoms with E-state index in [-0.39, 0.29) is 37.7 Å². The van der Waals surface area contributed by atoms with Crippen LogP contribution < -0.4 is 4.74 Å². The van der Waals surface area contributed by atoms with Crippen LogP contribution in [0.2, 0.25) is 0 Å². The second kappa shape index (κ2) is 10.6. The molecule has 0 saturated carbocycles. The van der Waals surface area contributed by atoms with Crippen LogP contribution in [0.1, 0.15) is 24.1 Å². The maximum atomic E-state index is 12.9. The van der Waals surface area contributed by atoms with E-state index in [1.165, 1.54) is 4.90 Å². The monoisotopic (exact) mass is 489 g/mol. The molecule has 0 aliphatic carbocycles. The Morgan fingerprint density at radius 2 is 1.74 bits per heavy atom. The van der Waals surface area contributed by atoms with E-state index in [1.807, 2.05) is 19.1 Å². The largest absolute Gasteiger partial charge is 0.507 e. The van der Waals surface area contributed by atoms with Crippen molar-refractivity contribution >= 4 is 33.4 Å². The van der Waals surface area contributed by atoms with Crippen molar-refractivity contribution in [1.29, 1.82) is 0 Å². The Balaban J connectivity index is 2.02. The van der Waals surface area contributed by atoms with Gasteiger partial charge >= 0.3 is 0 Å². The molecule has 1 atom stereocenters. The first-order valence-electron chi connectivity index (χ1n) is 9.93. The molecule has 2 aromatic rings. The number of carbonyl (C=O) groups excluding carboxylic acids is 2. The van der Waals surface area contributed by atoms with Gasteiger partial charge < -0.3 is 24.6 Å². The van der Waals surface area contributed by atoms with Crippen molar-refractivity contribution in [2.75, 3.05) is 33.0 Å². The number of aliphatic hydroxyl groups excluding tert-OH is 2. The molecule has 2 aromatic carbocycles. The number of amides is 1. The third kappa shape index (κ3) is 5.15. The lowest BCUT2D eigenvalue weighted by Gasteiger charge is -2.25. The zero-order valence-electron chi connectivity index (χ0n) is 17.1. The first-order valence-corrected chi connectivity index (χ1v) is 10.7. The second-order valence-corrected chi connectivity index (χ2v) is 7.75. The zero-order valence-corrected chi connectivity index (χ0v) is 18.7. The quantitative estimate of drug-likeness (QED) is 0.243. The maximum absolute atomic E-state index is 12.9. The first kappa shape index (κ1) is 23.0. The van der Waals surface area contributed by atoms with Gasteiger partial charge in [0.25, 0.3) is 11.7 Å². The van der Waals surface area contributed by atoms with E-state index in [0.29, 0.717) is 23.5 Å². The number of Topliss-reactive ketones (excluding diaryl/α,β-unsaturated/α-hetero) is 1. The van der Waals surface area contributed by atoms with Crippen molar-refractivity contribution in [3.8, 4) is 5.75 Å². The van der Waals surface area contributed by atoms with Crippen LogP contribution in [0.4, 0.5) is 0 Å². The van der Waals surface area contributed by atoms with Gasteiger partial charge in [0.1, 0.15) is 11.5 Å². The normalized spacial score (nSPS) is 17.9. The molecule has 1 heterocycles. The third-order valence-electron chi connectivity index (χ3n) is 4.88. The summed E-state index contributed by atoms with van der Waals surface area (Å²) in [6, 6.07) is 13.2. The van der Waals surface area contributed by atoms with Crippen molar-refractivity contribution in [2.24, 2.45) is 0 Å². The fourth-order valence-corrected chi connectivity index (χ4v) is 3.73. The average molecular weight is 490 g/mol. The number of likely N-dealkylation sites (tertiary alicyclic amines) is 1. The third-order valence-corrected chi connectivity index (χ3v) is 5.41. The van der Waals surface area contributed by atoms with Gasteiger partial charge in [-0.3, -0.25) is 9.59 Å². The summed E-state index contributed by atoms with van der Waals surface area (Å²) >= 11 is 3.39. The van der Waals surface area contributed by atoms with Crippen LogP contribution in [0.3, 0.4) is 0 Å². The summed E-state index contributed by atoms with van der Waals surface area (Å²) in [4.78, 5) is 27.1. The summed E-state index contributed by atoms with van der Waals surface area (Å²) in [5.74, 6) is -1.05. The Kier molecular flexibility index (Phi) is 7.84. The topological polar surface area (TPSA) is 96.3 Å². The van der Waals surface area contributed by atoms with Crippen molar-refractivity contribution in [2.45, 2.75) is 13.0 Å². The number of carbonyl (C=O) groups is 2. The van der Waals surface area contributed by atoms with Crippen LogP contribution in [-0.2, 0) is 14.3 Å². The minimum Gasteiger partial charge on any atom is -0.507 e. The highest BCUT2D eigenvalue weighted by molar-refractivity contribution is 9.10. The standard InChI is InChI=1S/C23H24BrNO6/c1-2-31-18-9-5-16(6-10-18)21(27)19-20(15-3-7-17(24)8-4-15)25(23(29)22(19)28)11-13-30-14-12-26/h3-10,20,26-27H,2,11-14H2,1H3/b21-19+. The van der Waals surface area contributed by atoms with Crippen LogP contribution in [-0.4, -0.2) is 59.8 Å². The molecule has 0 radical (unpaired) electrons. The molecule has 3 rings (SSSR count). The Labute approximate surface area is 189 Å². The Morgan fingerprint density at radius 3 is 2.35 bits per heavy atom. The van der Waals surface area contributed by atoms with Gasteiger partial charge in [0.15, 0.2) is 0 Å². The van der Waals surface area contributed by atoms with E-state index < -0.39 is 17.7 Å². The molecular formula is C23H24BrNO6. The molecular weight excluding hydrogens is 466 g/mol. The van der Waals surface area contributed by atoms with E-state index in [1.54, 1.807) is 36.4 Å². The lowest BCUT2D eigenvalue weighted by molar-refractivity contribution is -0.140. The molecule has 7 nitrogen and oxygen atoms in total. The van der Waals surface area contributed by atoms with Gasteiger partial charge in [-0.25, -0.2) is 0 Å². The van der Waals surface area contributed by atoms with Crippen LogP contribution in [0.25, 0.3) is 5.76 Å². The van der Waals surface area contributed by atoms with Crippen LogP contribution in [0.15, 0.2) is 58.6 Å². The summed E-state index contributed by atoms with van der Waals surface area (Å²) in [6.07, 6.45) is 0. The van der Waals surface area contributed by atoms with Crippen molar-refractivity contribution < 1.29 is 29.3 Å². The molecule has 1 aliphatic rings. The first-order chi connectivity index (χ1) is 15.0. The van der Waals surface area contributed by atoms with Gasteiger partial charge in [-0.2, -0.15) is 0 Å². The molecule has 1 aliphatic heterocycles. The van der Waals surface area contributed by atoms with Crippen LogP contribution >= 0.6 is 15.9 Å². The smallest absolute Gasteiger partial charge is 0.295 e. The predicted octanol–water partition coefficient (Wildman–Crippen LogP) is 3.28. The molecule has 0 aromatic heterocycles. The van der Waals surface area contributed by atoms with E-state index in [2.05, 4.69) is 15.9 Å². The molecule has 1 unspecified atom stereocenters. The summed E-state index contributed by atoms with van der Waals surface area (Å²) in [7, 11) is 0. The Bertz CT molecular complexity index is 955. The highest BCUT2D eigenvalue weighted by atomic mass is 79.9. The van der Waals surface area contributed by atoms with Gasteiger partial charge in [-0.15, -0.1) is 0 Å². The number of hydrogen-bond donors (Lipinski definition) is 2.